The standard InChI is InChI=1S/C21H21FN2O6S/c1-3-23(4-2)31(28,29)18-13-14(9-10-17(18)22)21(27)30-12-11-24-19(25)15-7-5-6-8-16(15)20(24)26/h5-10,13H,3-4,11-12H2,1-2H3. The van der Waals surface area contributed by atoms with Crippen LogP contribution >= 0.6 is 0 Å². The zero-order valence-electron chi connectivity index (χ0n) is 17.0. The Morgan fingerprint density at radius 2 is 1.61 bits per heavy atom. The zero-order chi connectivity index (χ0) is 22.8. The van der Waals surface area contributed by atoms with Crippen LogP contribution in [0.1, 0.15) is 44.9 Å². The number of rotatable bonds is 8. The van der Waals surface area contributed by atoms with Crippen molar-refractivity contribution in [3.63, 3.8) is 0 Å². The Morgan fingerprint density at radius 1 is 1.03 bits per heavy atom. The number of carbonyl (C=O) groups is 3. The van der Waals surface area contributed by atoms with Crippen molar-refractivity contribution >= 4 is 27.8 Å². The molecule has 0 fully saturated rings. The molecule has 164 valence electrons. The fourth-order valence-electron chi connectivity index (χ4n) is 3.29. The lowest BCUT2D eigenvalue weighted by atomic mass is 10.1. The van der Waals surface area contributed by atoms with Crippen LogP contribution in [-0.2, 0) is 14.8 Å². The molecule has 0 saturated carbocycles. The summed E-state index contributed by atoms with van der Waals surface area (Å²) in [5.74, 6) is -2.83. The van der Waals surface area contributed by atoms with Gasteiger partial charge in [-0.1, -0.05) is 26.0 Å². The van der Waals surface area contributed by atoms with Crippen LogP contribution in [0, 0.1) is 5.82 Å². The highest BCUT2D eigenvalue weighted by Gasteiger charge is 2.35. The molecular formula is C21H21FN2O6S. The first kappa shape index (κ1) is 22.6. The fraction of sp³-hybridized carbons (Fsp3) is 0.286. The molecule has 2 aromatic carbocycles. The van der Waals surface area contributed by atoms with Crippen LogP contribution in [-0.4, -0.2) is 61.6 Å². The van der Waals surface area contributed by atoms with E-state index in [1.807, 2.05) is 0 Å². The van der Waals surface area contributed by atoms with Gasteiger partial charge in [0.05, 0.1) is 23.2 Å². The SMILES string of the molecule is CCN(CC)S(=O)(=O)c1cc(C(=O)OCCN2C(=O)c3ccccc3C2=O)ccc1F. The molecule has 1 heterocycles. The van der Waals surface area contributed by atoms with Gasteiger partial charge in [-0.3, -0.25) is 14.5 Å². The second kappa shape index (κ2) is 8.94. The molecule has 2 aromatic rings. The summed E-state index contributed by atoms with van der Waals surface area (Å²) in [6, 6.07) is 9.29. The first-order valence-electron chi connectivity index (χ1n) is 9.64. The zero-order valence-corrected chi connectivity index (χ0v) is 17.8. The molecule has 3 rings (SSSR count). The predicted molar refractivity (Wildman–Crippen MR) is 109 cm³/mol. The molecule has 0 N–H and O–H groups in total. The minimum Gasteiger partial charge on any atom is -0.460 e. The molecule has 10 heteroatoms. The van der Waals surface area contributed by atoms with Gasteiger partial charge in [0.2, 0.25) is 10.0 Å². The van der Waals surface area contributed by atoms with Gasteiger partial charge in [0.25, 0.3) is 11.8 Å². The third-order valence-corrected chi connectivity index (χ3v) is 6.98. The van der Waals surface area contributed by atoms with E-state index in [2.05, 4.69) is 0 Å². The quantitative estimate of drug-likeness (QED) is 0.454. The Hall–Kier alpha value is -3.11. The second-order valence-electron chi connectivity index (χ2n) is 6.68. The summed E-state index contributed by atoms with van der Waals surface area (Å²) in [7, 11) is -4.11. The van der Waals surface area contributed by atoms with Gasteiger partial charge in [-0.15, -0.1) is 0 Å². The maximum atomic E-state index is 14.2. The van der Waals surface area contributed by atoms with Crippen LogP contribution in [0.4, 0.5) is 4.39 Å². The minimum atomic E-state index is -4.11. The number of fused-ring (bicyclic) bond motifs is 1. The molecule has 1 aliphatic rings. The van der Waals surface area contributed by atoms with E-state index in [0.29, 0.717) is 0 Å². The largest absolute Gasteiger partial charge is 0.460 e. The number of hydrogen-bond acceptors (Lipinski definition) is 6. The molecule has 0 atom stereocenters. The number of imide groups is 1. The number of nitrogens with zero attached hydrogens (tertiary/aromatic N) is 2. The van der Waals surface area contributed by atoms with E-state index in [-0.39, 0.29) is 42.9 Å². The van der Waals surface area contributed by atoms with Crippen molar-refractivity contribution in [1.29, 1.82) is 0 Å². The predicted octanol–water partition coefficient (Wildman–Crippen LogP) is 2.31. The van der Waals surface area contributed by atoms with Gasteiger partial charge in [-0.2, -0.15) is 4.31 Å². The van der Waals surface area contributed by atoms with Crippen molar-refractivity contribution in [2.75, 3.05) is 26.2 Å². The molecule has 0 aliphatic carbocycles. The smallest absolute Gasteiger partial charge is 0.338 e. The van der Waals surface area contributed by atoms with Gasteiger partial charge in [0.1, 0.15) is 17.3 Å². The molecule has 0 spiro atoms. The Bertz CT molecular complexity index is 1110. The monoisotopic (exact) mass is 448 g/mol. The average molecular weight is 448 g/mol. The lowest BCUT2D eigenvalue weighted by Gasteiger charge is -2.19. The molecule has 8 nitrogen and oxygen atoms in total. The lowest BCUT2D eigenvalue weighted by Crippen LogP contribution is -2.33. The van der Waals surface area contributed by atoms with E-state index in [0.717, 1.165) is 27.4 Å². The highest BCUT2D eigenvalue weighted by Crippen LogP contribution is 2.23. The topological polar surface area (TPSA) is 101 Å². The summed E-state index contributed by atoms with van der Waals surface area (Å²) in [5.41, 5.74) is 0.404. The van der Waals surface area contributed by atoms with Crippen LogP contribution in [0.15, 0.2) is 47.4 Å². The molecular weight excluding hydrogens is 427 g/mol. The minimum absolute atomic E-state index is 0.146. The molecule has 0 radical (unpaired) electrons. The fourth-order valence-corrected chi connectivity index (χ4v) is 4.83. The maximum Gasteiger partial charge on any atom is 0.338 e. The first-order chi connectivity index (χ1) is 14.7. The Kier molecular flexibility index (Phi) is 6.51. The van der Waals surface area contributed by atoms with Crippen molar-refractivity contribution < 1.29 is 31.9 Å². The second-order valence-corrected chi connectivity index (χ2v) is 8.58. The number of carbonyl (C=O) groups excluding carboxylic acids is 3. The molecule has 1 aliphatic heterocycles. The Balaban J connectivity index is 1.70. The van der Waals surface area contributed by atoms with E-state index >= 15 is 0 Å². The Labute approximate surface area is 179 Å². The number of benzene rings is 2. The van der Waals surface area contributed by atoms with Gasteiger partial charge >= 0.3 is 5.97 Å². The number of esters is 1. The highest BCUT2D eigenvalue weighted by atomic mass is 32.2. The summed E-state index contributed by atoms with van der Waals surface area (Å²) in [6.07, 6.45) is 0. The van der Waals surface area contributed by atoms with Crippen LogP contribution in [0.3, 0.4) is 0 Å². The summed E-state index contributed by atoms with van der Waals surface area (Å²) in [6.45, 7) is 3.08. The van der Waals surface area contributed by atoms with E-state index in [9.17, 15) is 27.2 Å². The third-order valence-electron chi connectivity index (χ3n) is 4.92. The van der Waals surface area contributed by atoms with Crippen LogP contribution < -0.4 is 0 Å². The number of hydrogen-bond donors (Lipinski definition) is 0. The molecule has 0 saturated heterocycles. The van der Waals surface area contributed by atoms with Crippen molar-refractivity contribution in [3.8, 4) is 0 Å². The Morgan fingerprint density at radius 3 is 2.16 bits per heavy atom. The summed E-state index contributed by atoms with van der Waals surface area (Å²) < 4.78 is 45.6. The number of amides is 2. The molecule has 31 heavy (non-hydrogen) atoms. The van der Waals surface area contributed by atoms with Crippen LogP contribution in [0.2, 0.25) is 0 Å². The molecule has 0 aromatic heterocycles. The van der Waals surface area contributed by atoms with E-state index in [4.69, 9.17) is 4.74 Å². The normalized spacial score (nSPS) is 13.6. The van der Waals surface area contributed by atoms with Crippen molar-refractivity contribution in [2.45, 2.75) is 18.7 Å². The summed E-state index contributed by atoms with van der Waals surface area (Å²) >= 11 is 0. The van der Waals surface area contributed by atoms with E-state index < -0.39 is 38.5 Å². The van der Waals surface area contributed by atoms with Gasteiger partial charge in [-0.05, 0) is 30.3 Å². The van der Waals surface area contributed by atoms with Gasteiger partial charge in [0, 0.05) is 13.1 Å². The molecule has 2 amide bonds. The van der Waals surface area contributed by atoms with Crippen molar-refractivity contribution in [1.82, 2.24) is 9.21 Å². The lowest BCUT2D eigenvalue weighted by molar-refractivity contribution is 0.0420. The van der Waals surface area contributed by atoms with Gasteiger partial charge in [-0.25, -0.2) is 17.6 Å². The summed E-state index contributed by atoms with van der Waals surface area (Å²) in [4.78, 5) is 37.3. The van der Waals surface area contributed by atoms with Crippen molar-refractivity contribution in [2.24, 2.45) is 0 Å². The van der Waals surface area contributed by atoms with Crippen LogP contribution in [0.25, 0.3) is 0 Å². The van der Waals surface area contributed by atoms with E-state index in [1.165, 1.54) is 12.1 Å². The third kappa shape index (κ3) is 4.21. The summed E-state index contributed by atoms with van der Waals surface area (Å²) in [5, 5.41) is 0. The van der Waals surface area contributed by atoms with Crippen molar-refractivity contribution in [3.05, 3.63) is 65.0 Å². The number of halogens is 1. The number of sulfonamides is 1. The number of ether oxygens (including phenoxy) is 1. The molecule has 0 bridgehead atoms. The first-order valence-corrected chi connectivity index (χ1v) is 11.1. The van der Waals surface area contributed by atoms with Crippen LogP contribution in [0.5, 0.6) is 0 Å². The molecule has 0 unspecified atom stereocenters. The van der Waals surface area contributed by atoms with Gasteiger partial charge in [0.15, 0.2) is 0 Å². The average Bonchev–Trinajstić information content (AvgIpc) is 2.99. The maximum absolute atomic E-state index is 14.2. The van der Waals surface area contributed by atoms with E-state index in [1.54, 1.807) is 26.0 Å². The highest BCUT2D eigenvalue weighted by molar-refractivity contribution is 7.89. The van der Waals surface area contributed by atoms with Gasteiger partial charge < -0.3 is 4.74 Å².